The molecule has 0 saturated heterocycles. The lowest BCUT2D eigenvalue weighted by Gasteiger charge is -2.10. The SMILES string of the molecule is O=S(=O)(NNc1ncc(C(F)(F)F)c(Cl)n1)c1ccccc1. The summed E-state index contributed by atoms with van der Waals surface area (Å²) >= 11 is 5.39. The van der Waals surface area contributed by atoms with Crippen LogP contribution in [0.4, 0.5) is 19.1 Å². The van der Waals surface area contributed by atoms with Crippen LogP contribution in [0.2, 0.25) is 5.15 Å². The fourth-order valence-corrected chi connectivity index (χ4v) is 2.48. The van der Waals surface area contributed by atoms with Gasteiger partial charge in [-0.3, -0.25) is 5.43 Å². The van der Waals surface area contributed by atoms with Gasteiger partial charge in [-0.25, -0.2) is 13.4 Å². The predicted octanol–water partition coefficient (Wildman–Crippen LogP) is 2.45. The average molecular weight is 353 g/mol. The number of hydrogen-bond acceptors (Lipinski definition) is 5. The summed E-state index contributed by atoms with van der Waals surface area (Å²) in [4.78, 5) is 8.57. The topological polar surface area (TPSA) is 84.0 Å². The Balaban J connectivity index is 2.14. The molecule has 1 aromatic heterocycles. The first-order valence-electron chi connectivity index (χ1n) is 5.63. The number of anilines is 1. The van der Waals surface area contributed by atoms with E-state index in [0.717, 1.165) is 0 Å². The maximum absolute atomic E-state index is 12.5. The molecule has 0 fully saturated rings. The number of halogens is 4. The van der Waals surface area contributed by atoms with Crippen LogP contribution in [-0.2, 0) is 16.2 Å². The first kappa shape index (κ1) is 16.5. The maximum atomic E-state index is 12.5. The first-order chi connectivity index (χ1) is 10.2. The second kappa shape index (κ2) is 6.07. The van der Waals surface area contributed by atoms with Crippen LogP contribution in [0.25, 0.3) is 0 Å². The zero-order valence-corrected chi connectivity index (χ0v) is 12.2. The van der Waals surface area contributed by atoms with Gasteiger partial charge in [-0.1, -0.05) is 29.8 Å². The summed E-state index contributed by atoms with van der Waals surface area (Å²) in [7, 11) is -3.92. The molecule has 0 bridgehead atoms. The van der Waals surface area contributed by atoms with Crippen LogP contribution in [-0.4, -0.2) is 18.4 Å². The molecule has 0 amide bonds. The minimum atomic E-state index is -4.70. The van der Waals surface area contributed by atoms with Crippen molar-refractivity contribution in [2.24, 2.45) is 0 Å². The summed E-state index contributed by atoms with van der Waals surface area (Å²) in [6.07, 6.45) is -4.24. The lowest BCUT2D eigenvalue weighted by Crippen LogP contribution is -2.30. The number of rotatable bonds is 4. The van der Waals surface area contributed by atoms with E-state index in [1.807, 2.05) is 4.83 Å². The number of aromatic nitrogens is 2. The molecule has 6 nitrogen and oxygen atoms in total. The van der Waals surface area contributed by atoms with Crippen molar-refractivity contribution in [2.45, 2.75) is 11.1 Å². The number of nitrogens with zero attached hydrogens (tertiary/aromatic N) is 2. The Morgan fingerprint density at radius 1 is 1.14 bits per heavy atom. The largest absolute Gasteiger partial charge is 0.420 e. The Morgan fingerprint density at radius 2 is 1.77 bits per heavy atom. The standard InChI is InChI=1S/C11H8ClF3N4O2S/c12-9-8(11(13,14)15)6-16-10(17-9)18-19-22(20,21)7-4-2-1-3-5-7/h1-6,19H,(H,16,17,18). The van der Waals surface area contributed by atoms with E-state index >= 15 is 0 Å². The maximum Gasteiger partial charge on any atom is 0.420 e. The van der Waals surface area contributed by atoms with Crippen LogP contribution in [0.3, 0.4) is 0 Å². The first-order valence-corrected chi connectivity index (χ1v) is 7.49. The minimum absolute atomic E-state index is 0.0412. The van der Waals surface area contributed by atoms with Crippen LogP contribution < -0.4 is 10.3 Å². The van der Waals surface area contributed by atoms with Crippen molar-refractivity contribution in [3.63, 3.8) is 0 Å². The van der Waals surface area contributed by atoms with E-state index in [-0.39, 0.29) is 4.90 Å². The highest BCUT2D eigenvalue weighted by Crippen LogP contribution is 2.33. The Morgan fingerprint density at radius 3 is 2.32 bits per heavy atom. The number of benzene rings is 1. The Bertz CT molecular complexity index is 769. The summed E-state index contributed by atoms with van der Waals surface area (Å²) in [6.45, 7) is 0. The fraction of sp³-hybridized carbons (Fsp3) is 0.0909. The van der Waals surface area contributed by atoms with Crippen LogP contribution >= 0.6 is 11.6 Å². The van der Waals surface area contributed by atoms with Crippen molar-refractivity contribution in [2.75, 3.05) is 5.43 Å². The van der Waals surface area contributed by atoms with Gasteiger partial charge in [-0.2, -0.15) is 18.2 Å². The third-order valence-corrected chi connectivity index (χ3v) is 3.95. The molecule has 0 unspecified atom stereocenters. The quantitative estimate of drug-likeness (QED) is 0.652. The van der Waals surface area contributed by atoms with E-state index in [9.17, 15) is 21.6 Å². The number of hydrogen-bond donors (Lipinski definition) is 2. The molecule has 2 aromatic rings. The van der Waals surface area contributed by atoms with Gasteiger partial charge >= 0.3 is 6.18 Å². The van der Waals surface area contributed by atoms with Crippen molar-refractivity contribution in [1.29, 1.82) is 0 Å². The summed E-state index contributed by atoms with van der Waals surface area (Å²) < 4.78 is 61.2. The highest BCUT2D eigenvalue weighted by molar-refractivity contribution is 7.89. The molecule has 22 heavy (non-hydrogen) atoms. The van der Waals surface area contributed by atoms with Gasteiger partial charge in [0.1, 0.15) is 10.7 Å². The predicted molar refractivity (Wildman–Crippen MR) is 72.4 cm³/mol. The molecule has 0 spiro atoms. The minimum Gasteiger partial charge on any atom is -0.276 e. The monoisotopic (exact) mass is 352 g/mol. The smallest absolute Gasteiger partial charge is 0.276 e. The van der Waals surface area contributed by atoms with Crippen LogP contribution in [0, 0.1) is 0 Å². The zero-order chi connectivity index (χ0) is 16.4. The molecule has 0 aliphatic carbocycles. The third kappa shape index (κ3) is 3.84. The molecular weight excluding hydrogens is 345 g/mol. The van der Waals surface area contributed by atoms with Gasteiger partial charge in [0.05, 0.1) is 4.90 Å². The summed E-state index contributed by atoms with van der Waals surface area (Å²) in [6, 6.07) is 7.33. The van der Waals surface area contributed by atoms with Crippen molar-refractivity contribution in [1.82, 2.24) is 14.8 Å². The molecule has 118 valence electrons. The second-order valence-electron chi connectivity index (χ2n) is 3.94. The van der Waals surface area contributed by atoms with Gasteiger partial charge in [0.2, 0.25) is 5.95 Å². The number of nitrogens with one attached hydrogen (secondary N) is 2. The Kier molecular flexibility index (Phi) is 4.54. The Labute approximate surface area is 128 Å². The molecule has 2 N–H and O–H groups in total. The molecule has 0 radical (unpaired) electrons. The van der Waals surface area contributed by atoms with Crippen molar-refractivity contribution < 1.29 is 21.6 Å². The molecule has 0 aliphatic heterocycles. The molecule has 0 saturated carbocycles. The van der Waals surface area contributed by atoms with Gasteiger partial charge < -0.3 is 0 Å². The summed E-state index contributed by atoms with van der Waals surface area (Å²) in [5, 5.41) is -0.844. The normalized spacial score (nSPS) is 12.2. The van der Waals surface area contributed by atoms with Gasteiger partial charge in [-0.05, 0) is 12.1 Å². The zero-order valence-electron chi connectivity index (χ0n) is 10.6. The Hall–Kier alpha value is -1.91. The van der Waals surface area contributed by atoms with Gasteiger partial charge in [-0.15, -0.1) is 4.83 Å². The summed E-state index contributed by atoms with van der Waals surface area (Å²) in [5.74, 6) is -0.419. The van der Waals surface area contributed by atoms with E-state index in [4.69, 9.17) is 11.6 Å². The van der Waals surface area contributed by atoms with E-state index < -0.39 is 32.9 Å². The van der Waals surface area contributed by atoms with Crippen molar-refractivity contribution in [3.8, 4) is 0 Å². The average Bonchev–Trinajstić information content (AvgIpc) is 2.45. The highest BCUT2D eigenvalue weighted by atomic mass is 35.5. The second-order valence-corrected chi connectivity index (χ2v) is 5.98. The van der Waals surface area contributed by atoms with E-state index in [1.165, 1.54) is 24.3 Å². The van der Waals surface area contributed by atoms with Gasteiger partial charge in [0, 0.05) is 6.20 Å². The molecule has 11 heteroatoms. The lowest BCUT2D eigenvalue weighted by molar-refractivity contribution is -0.137. The van der Waals surface area contributed by atoms with Crippen molar-refractivity contribution >= 4 is 27.6 Å². The molecule has 1 heterocycles. The van der Waals surface area contributed by atoms with Gasteiger partial charge in [0.25, 0.3) is 10.0 Å². The van der Waals surface area contributed by atoms with E-state index in [0.29, 0.717) is 6.20 Å². The fourth-order valence-electron chi connectivity index (χ4n) is 1.38. The highest BCUT2D eigenvalue weighted by Gasteiger charge is 2.34. The lowest BCUT2D eigenvalue weighted by atomic mass is 10.3. The third-order valence-electron chi connectivity index (χ3n) is 2.40. The molecule has 0 aliphatic rings. The molecule has 0 atom stereocenters. The molecule has 1 aromatic carbocycles. The molecular formula is C11H8ClF3N4O2S. The summed E-state index contributed by atoms with van der Waals surface area (Å²) in [5.41, 5.74) is 0.874. The van der Waals surface area contributed by atoms with E-state index in [1.54, 1.807) is 6.07 Å². The van der Waals surface area contributed by atoms with Crippen LogP contribution in [0.15, 0.2) is 41.4 Å². The van der Waals surface area contributed by atoms with Gasteiger partial charge in [0.15, 0.2) is 0 Å². The van der Waals surface area contributed by atoms with E-state index in [2.05, 4.69) is 15.4 Å². The van der Waals surface area contributed by atoms with Crippen LogP contribution in [0.1, 0.15) is 5.56 Å². The number of alkyl halides is 3. The number of hydrazine groups is 1. The molecule has 2 rings (SSSR count). The van der Waals surface area contributed by atoms with Crippen molar-refractivity contribution in [3.05, 3.63) is 47.2 Å². The van der Waals surface area contributed by atoms with Crippen LogP contribution in [0.5, 0.6) is 0 Å². The number of sulfonamides is 1.